The molecule has 6 nitrogen and oxygen atoms in total. The average molecular weight is 563 g/mol. The summed E-state index contributed by atoms with van der Waals surface area (Å²) in [5.41, 5.74) is 2.46. The Bertz CT molecular complexity index is 1400. The summed E-state index contributed by atoms with van der Waals surface area (Å²) < 4.78 is 32.7. The zero-order valence-corrected chi connectivity index (χ0v) is 24.0. The van der Waals surface area contributed by atoms with Crippen molar-refractivity contribution >= 4 is 5.97 Å². The van der Waals surface area contributed by atoms with Crippen LogP contribution in [0.3, 0.4) is 0 Å². The number of aliphatic hydroxyl groups is 1. The van der Waals surface area contributed by atoms with Crippen LogP contribution in [0.15, 0.2) is 60.7 Å². The highest BCUT2D eigenvalue weighted by atomic mass is 19.1. The molecule has 1 saturated carbocycles. The molecule has 0 amide bonds. The van der Waals surface area contributed by atoms with E-state index in [4.69, 9.17) is 14.2 Å². The molecule has 1 aliphatic heterocycles. The summed E-state index contributed by atoms with van der Waals surface area (Å²) >= 11 is 0. The molecule has 2 unspecified atom stereocenters. The summed E-state index contributed by atoms with van der Waals surface area (Å²) in [6, 6.07) is 17.7. The van der Waals surface area contributed by atoms with E-state index in [9.17, 15) is 15.0 Å². The first-order chi connectivity index (χ1) is 19.6. The van der Waals surface area contributed by atoms with Crippen LogP contribution in [0.2, 0.25) is 0 Å². The van der Waals surface area contributed by atoms with Gasteiger partial charge in [0.25, 0.3) is 0 Å². The Morgan fingerprint density at radius 2 is 1.88 bits per heavy atom. The van der Waals surface area contributed by atoms with Crippen LogP contribution >= 0.6 is 0 Å². The normalized spacial score (nSPS) is 20.8. The molecule has 2 aliphatic rings. The second-order valence-electron chi connectivity index (χ2n) is 12.0. The predicted molar refractivity (Wildman–Crippen MR) is 154 cm³/mol. The summed E-state index contributed by atoms with van der Waals surface area (Å²) in [6.45, 7) is 4.52. The van der Waals surface area contributed by atoms with Crippen LogP contribution in [0.4, 0.5) is 4.39 Å². The molecular weight excluding hydrogens is 523 g/mol. The minimum atomic E-state index is -1.64. The molecule has 0 aromatic heterocycles. The summed E-state index contributed by atoms with van der Waals surface area (Å²) in [6.07, 6.45) is 4.86. The number of hydrogen-bond donors (Lipinski definition) is 2. The van der Waals surface area contributed by atoms with Gasteiger partial charge in [-0.05, 0) is 84.2 Å². The molecule has 3 aromatic rings. The van der Waals surface area contributed by atoms with Crippen LogP contribution in [-0.4, -0.2) is 29.9 Å². The molecule has 1 aliphatic carbocycles. The van der Waals surface area contributed by atoms with E-state index >= 15 is 4.39 Å². The van der Waals surface area contributed by atoms with Gasteiger partial charge in [-0.3, -0.25) is 4.79 Å². The molecule has 5 rings (SSSR count). The zero-order valence-electron chi connectivity index (χ0n) is 24.0. The lowest BCUT2D eigenvalue weighted by molar-refractivity contribution is -0.297. The Hall–Kier alpha value is -3.42. The third-order valence-electron chi connectivity index (χ3n) is 8.56. The summed E-state index contributed by atoms with van der Waals surface area (Å²) in [4.78, 5) is 11.5. The van der Waals surface area contributed by atoms with Crippen molar-refractivity contribution in [1.29, 1.82) is 0 Å². The van der Waals surface area contributed by atoms with E-state index in [2.05, 4.69) is 0 Å². The molecular formula is C34H39FO6. The molecule has 2 fully saturated rings. The molecule has 0 bridgehead atoms. The number of carboxylic acids is 1. The van der Waals surface area contributed by atoms with Crippen LogP contribution in [-0.2, 0) is 21.9 Å². The standard InChI is InChI=1S/C34H39FO6/c1-33(2)14-5-15-41-34(33,38)30-17-23(10-12-28(30)29-20-26(39-3)11-13-31(29)35)21-40-27-7-4-6-24(18-27)25(19-32(36)37)16-22-8-9-22/h4,6-7,10-13,17-18,20,22,25,38H,5,8-9,14-16,19,21H2,1-3H3,(H,36,37). The Labute approximate surface area is 241 Å². The maximum atomic E-state index is 15.2. The molecule has 1 heterocycles. The van der Waals surface area contributed by atoms with E-state index in [1.54, 1.807) is 18.2 Å². The molecule has 0 spiro atoms. The molecule has 0 radical (unpaired) electrons. The molecule has 3 aromatic carbocycles. The van der Waals surface area contributed by atoms with Gasteiger partial charge in [-0.25, -0.2) is 4.39 Å². The third-order valence-corrected chi connectivity index (χ3v) is 8.56. The number of rotatable bonds is 11. The van der Waals surface area contributed by atoms with E-state index in [1.807, 2.05) is 50.2 Å². The van der Waals surface area contributed by atoms with Crippen molar-refractivity contribution in [2.45, 2.75) is 70.7 Å². The molecule has 7 heteroatoms. The lowest BCUT2D eigenvalue weighted by Crippen LogP contribution is -2.48. The van der Waals surface area contributed by atoms with E-state index in [0.717, 1.165) is 43.2 Å². The minimum Gasteiger partial charge on any atom is -0.497 e. The van der Waals surface area contributed by atoms with Gasteiger partial charge in [0.15, 0.2) is 5.79 Å². The van der Waals surface area contributed by atoms with Gasteiger partial charge in [-0.1, -0.05) is 51.0 Å². The number of aliphatic carboxylic acids is 1. The topological polar surface area (TPSA) is 85.2 Å². The third kappa shape index (κ3) is 6.41. The number of benzene rings is 3. The zero-order chi connectivity index (χ0) is 29.2. The fourth-order valence-electron chi connectivity index (χ4n) is 5.90. The maximum absolute atomic E-state index is 15.2. The van der Waals surface area contributed by atoms with E-state index in [1.165, 1.54) is 13.2 Å². The number of halogens is 1. The van der Waals surface area contributed by atoms with E-state index < -0.39 is 23.0 Å². The van der Waals surface area contributed by atoms with Gasteiger partial charge < -0.3 is 24.4 Å². The number of methoxy groups -OCH3 is 1. The number of carboxylic acid groups (broad SMARTS) is 1. The fraction of sp³-hybridized carbons (Fsp3) is 0.441. The Kier molecular flexibility index (Phi) is 8.39. The second kappa shape index (κ2) is 11.8. The van der Waals surface area contributed by atoms with Crippen LogP contribution < -0.4 is 9.47 Å². The quantitative estimate of drug-likeness (QED) is 0.253. The molecule has 218 valence electrons. The SMILES string of the molecule is COc1ccc(F)c(-c2ccc(COc3cccc(C(CC(=O)O)CC4CC4)c3)cc2C2(O)OCCCC2(C)C)c1. The largest absolute Gasteiger partial charge is 0.497 e. The number of hydrogen-bond acceptors (Lipinski definition) is 5. The van der Waals surface area contributed by atoms with Gasteiger partial charge in [0.1, 0.15) is 23.9 Å². The van der Waals surface area contributed by atoms with Crippen LogP contribution in [0.25, 0.3) is 11.1 Å². The highest BCUT2D eigenvalue weighted by Gasteiger charge is 2.49. The Morgan fingerprint density at radius 1 is 1.07 bits per heavy atom. The first-order valence-electron chi connectivity index (χ1n) is 14.4. The summed E-state index contributed by atoms with van der Waals surface area (Å²) in [7, 11) is 1.53. The van der Waals surface area contributed by atoms with Crippen molar-refractivity contribution in [2.75, 3.05) is 13.7 Å². The molecule has 1 saturated heterocycles. The Balaban J connectivity index is 1.46. The van der Waals surface area contributed by atoms with Gasteiger partial charge in [0.2, 0.25) is 0 Å². The number of carbonyl (C=O) groups is 1. The first-order valence-corrected chi connectivity index (χ1v) is 14.4. The van der Waals surface area contributed by atoms with E-state index in [0.29, 0.717) is 40.7 Å². The molecule has 41 heavy (non-hydrogen) atoms. The van der Waals surface area contributed by atoms with Crippen molar-refractivity contribution in [3.8, 4) is 22.6 Å². The van der Waals surface area contributed by atoms with Crippen LogP contribution in [0.5, 0.6) is 11.5 Å². The van der Waals surface area contributed by atoms with Crippen molar-refractivity contribution < 1.29 is 33.6 Å². The highest BCUT2D eigenvalue weighted by molar-refractivity contribution is 5.71. The average Bonchev–Trinajstić information content (AvgIpc) is 3.77. The van der Waals surface area contributed by atoms with Crippen molar-refractivity contribution in [3.63, 3.8) is 0 Å². The van der Waals surface area contributed by atoms with Crippen molar-refractivity contribution in [2.24, 2.45) is 11.3 Å². The Morgan fingerprint density at radius 3 is 2.59 bits per heavy atom. The van der Waals surface area contributed by atoms with Gasteiger partial charge in [-0.15, -0.1) is 0 Å². The number of ether oxygens (including phenoxy) is 3. The van der Waals surface area contributed by atoms with Gasteiger partial charge >= 0.3 is 5.97 Å². The predicted octanol–water partition coefficient (Wildman–Crippen LogP) is 7.42. The van der Waals surface area contributed by atoms with Gasteiger partial charge in [-0.2, -0.15) is 0 Å². The lowest BCUT2D eigenvalue weighted by Gasteiger charge is -2.47. The smallest absolute Gasteiger partial charge is 0.303 e. The van der Waals surface area contributed by atoms with Crippen LogP contribution in [0.1, 0.15) is 75.0 Å². The van der Waals surface area contributed by atoms with Crippen LogP contribution in [0, 0.1) is 17.2 Å². The first kappa shape index (κ1) is 29.1. The summed E-state index contributed by atoms with van der Waals surface area (Å²) in [5.74, 6) is -1.15. The molecule has 2 N–H and O–H groups in total. The van der Waals surface area contributed by atoms with Gasteiger partial charge in [0.05, 0.1) is 20.1 Å². The van der Waals surface area contributed by atoms with Crippen molar-refractivity contribution in [1.82, 2.24) is 0 Å². The lowest BCUT2D eigenvalue weighted by atomic mass is 9.72. The van der Waals surface area contributed by atoms with E-state index in [-0.39, 0.29) is 18.9 Å². The molecule has 2 atom stereocenters. The highest BCUT2D eigenvalue weighted by Crippen LogP contribution is 2.50. The van der Waals surface area contributed by atoms with Gasteiger partial charge in [0, 0.05) is 16.5 Å². The fourth-order valence-corrected chi connectivity index (χ4v) is 5.90. The maximum Gasteiger partial charge on any atom is 0.303 e. The monoisotopic (exact) mass is 562 g/mol. The second-order valence-corrected chi connectivity index (χ2v) is 12.0. The van der Waals surface area contributed by atoms with Crippen molar-refractivity contribution in [3.05, 3.63) is 83.2 Å². The summed E-state index contributed by atoms with van der Waals surface area (Å²) in [5, 5.41) is 21.5. The minimum absolute atomic E-state index is 0.0490.